The molecule has 0 unspecified atom stereocenters. The van der Waals surface area contributed by atoms with Gasteiger partial charge in [0.05, 0.1) is 13.1 Å². The fourth-order valence-corrected chi connectivity index (χ4v) is 7.40. The van der Waals surface area contributed by atoms with Crippen molar-refractivity contribution in [2.45, 2.75) is 13.1 Å². The lowest BCUT2D eigenvalue weighted by Gasteiger charge is -2.26. The Morgan fingerprint density at radius 2 is 0.804 bits per heavy atom. The summed E-state index contributed by atoms with van der Waals surface area (Å²) in [6.45, 7) is 0.352. The first-order valence-corrected chi connectivity index (χ1v) is 16.7. The number of hydrogen-bond acceptors (Lipinski definition) is 1. The van der Waals surface area contributed by atoms with Crippen molar-refractivity contribution in [2.75, 3.05) is 4.90 Å². The SMILES string of the molecule is Fc1ccc(F)c(Cn2c3ccccc3c3cc(N(c4ccccc4)c4ccc5c(c4)c4ccccc4n5Cc4cc(F)ccc4F)ccc32)c1. The molecule has 7 heteroatoms. The maximum atomic E-state index is 14.8. The number of benzene rings is 7. The second-order valence-electron chi connectivity index (χ2n) is 12.8. The van der Waals surface area contributed by atoms with Crippen LogP contribution in [-0.2, 0) is 13.1 Å². The first-order valence-electron chi connectivity index (χ1n) is 16.7. The molecule has 0 saturated heterocycles. The molecule has 7 aromatic carbocycles. The first-order chi connectivity index (χ1) is 24.9. The summed E-state index contributed by atoms with van der Waals surface area (Å²) >= 11 is 0. The molecule has 0 aliphatic rings. The van der Waals surface area contributed by atoms with Gasteiger partial charge in [-0.25, -0.2) is 17.6 Å². The van der Waals surface area contributed by atoms with Crippen molar-refractivity contribution in [3.05, 3.63) is 186 Å². The minimum Gasteiger partial charge on any atom is -0.336 e. The number of halogens is 4. The van der Waals surface area contributed by atoms with E-state index in [1.807, 2.05) is 88.0 Å². The lowest BCUT2D eigenvalue weighted by Crippen LogP contribution is -2.10. The Labute approximate surface area is 290 Å². The molecule has 9 aromatic rings. The molecule has 0 amide bonds. The van der Waals surface area contributed by atoms with E-state index in [9.17, 15) is 17.6 Å². The summed E-state index contributed by atoms with van der Waals surface area (Å²) in [7, 11) is 0. The Bertz CT molecular complexity index is 2590. The van der Waals surface area contributed by atoms with Gasteiger partial charge in [-0.2, -0.15) is 0 Å². The highest BCUT2D eigenvalue weighted by Crippen LogP contribution is 2.41. The van der Waals surface area contributed by atoms with Crippen LogP contribution in [0.2, 0.25) is 0 Å². The summed E-state index contributed by atoms with van der Waals surface area (Å²) < 4.78 is 62.1. The van der Waals surface area contributed by atoms with Gasteiger partial charge in [-0.05, 0) is 97.1 Å². The van der Waals surface area contributed by atoms with Crippen LogP contribution in [0, 0.1) is 23.3 Å². The molecule has 248 valence electrons. The predicted octanol–water partition coefficient (Wildman–Crippen LogP) is 12.0. The monoisotopic (exact) mass is 675 g/mol. The van der Waals surface area contributed by atoms with Gasteiger partial charge in [0.1, 0.15) is 23.3 Å². The smallest absolute Gasteiger partial charge is 0.128 e. The molecule has 0 radical (unpaired) electrons. The number of fused-ring (bicyclic) bond motifs is 6. The highest BCUT2D eigenvalue weighted by molar-refractivity contribution is 6.11. The molecule has 2 heterocycles. The van der Waals surface area contributed by atoms with Crippen LogP contribution in [0.25, 0.3) is 43.6 Å². The standard InChI is InChI=1S/C44H29F4N3/c45-30-14-18-39(47)28(22-30)26-49-41-12-6-4-10-35(41)37-24-33(16-20-43(37)49)51(32-8-2-1-3-9-32)34-17-21-44-38(25-34)36-11-5-7-13-42(36)50(44)27-29-23-31(46)15-19-40(29)48/h1-25H,26-27H2. The molecule has 0 aliphatic heterocycles. The van der Waals surface area contributed by atoms with Crippen LogP contribution < -0.4 is 4.90 Å². The molecule has 0 aliphatic carbocycles. The molecule has 9 rings (SSSR count). The van der Waals surface area contributed by atoms with Crippen molar-refractivity contribution in [1.29, 1.82) is 0 Å². The minimum atomic E-state index is -0.478. The van der Waals surface area contributed by atoms with E-state index in [1.54, 1.807) is 0 Å². The van der Waals surface area contributed by atoms with E-state index in [2.05, 4.69) is 41.3 Å². The fourth-order valence-electron chi connectivity index (χ4n) is 7.40. The molecule has 0 bridgehead atoms. The maximum absolute atomic E-state index is 14.8. The Morgan fingerprint density at radius 3 is 1.29 bits per heavy atom. The topological polar surface area (TPSA) is 13.1 Å². The van der Waals surface area contributed by atoms with E-state index in [1.165, 1.54) is 24.3 Å². The van der Waals surface area contributed by atoms with E-state index in [4.69, 9.17) is 0 Å². The number of anilines is 3. The third-order valence-corrected chi connectivity index (χ3v) is 9.72. The summed E-state index contributed by atoms with van der Waals surface area (Å²) in [4.78, 5) is 2.19. The molecule has 0 saturated carbocycles. The minimum absolute atomic E-state index is 0.176. The molecule has 0 N–H and O–H groups in total. The van der Waals surface area contributed by atoms with Gasteiger partial charge in [-0.1, -0.05) is 54.6 Å². The Kier molecular flexibility index (Phi) is 7.35. The van der Waals surface area contributed by atoms with Crippen molar-refractivity contribution in [3.8, 4) is 0 Å². The van der Waals surface area contributed by atoms with Crippen LogP contribution in [0.15, 0.2) is 152 Å². The summed E-state index contributed by atoms with van der Waals surface area (Å²) in [6, 6.07) is 45.6. The third-order valence-electron chi connectivity index (χ3n) is 9.72. The number of aromatic nitrogens is 2. The Hall–Kier alpha value is -6.34. The summed E-state index contributed by atoms with van der Waals surface area (Å²) in [5.41, 5.74) is 6.98. The lowest BCUT2D eigenvalue weighted by molar-refractivity contribution is 0.580. The third kappa shape index (κ3) is 5.29. The number of para-hydroxylation sites is 3. The zero-order valence-electron chi connectivity index (χ0n) is 27.2. The number of hydrogen-bond donors (Lipinski definition) is 0. The van der Waals surface area contributed by atoms with Crippen LogP contribution in [0.1, 0.15) is 11.1 Å². The lowest BCUT2D eigenvalue weighted by atomic mass is 10.1. The normalized spacial score (nSPS) is 11.7. The fraction of sp³-hybridized carbons (Fsp3) is 0.0455. The molecule has 3 nitrogen and oxygen atoms in total. The second-order valence-corrected chi connectivity index (χ2v) is 12.8. The van der Waals surface area contributed by atoms with Crippen molar-refractivity contribution in [1.82, 2.24) is 9.13 Å². The molecule has 0 fully saturated rings. The number of rotatable bonds is 7. The number of nitrogens with zero attached hydrogens (tertiary/aromatic N) is 3. The Balaban J connectivity index is 1.21. The maximum Gasteiger partial charge on any atom is 0.128 e. The van der Waals surface area contributed by atoms with Gasteiger partial charge in [-0.15, -0.1) is 0 Å². The largest absolute Gasteiger partial charge is 0.336 e. The quantitative estimate of drug-likeness (QED) is 0.153. The van der Waals surface area contributed by atoms with Crippen LogP contribution in [0.5, 0.6) is 0 Å². The van der Waals surface area contributed by atoms with Gasteiger partial charge in [0, 0.05) is 71.8 Å². The molecule has 51 heavy (non-hydrogen) atoms. The highest BCUT2D eigenvalue weighted by Gasteiger charge is 2.20. The van der Waals surface area contributed by atoms with Crippen molar-refractivity contribution < 1.29 is 17.6 Å². The van der Waals surface area contributed by atoms with Crippen molar-refractivity contribution in [3.63, 3.8) is 0 Å². The van der Waals surface area contributed by atoms with Crippen LogP contribution >= 0.6 is 0 Å². The van der Waals surface area contributed by atoms with Gasteiger partial charge in [0.15, 0.2) is 0 Å². The van der Waals surface area contributed by atoms with Crippen molar-refractivity contribution in [2.24, 2.45) is 0 Å². The Morgan fingerprint density at radius 1 is 0.373 bits per heavy atom. The first kappa shape index (κ1) is 30.7. The van der Waals surface area contributed by atoms with Gasteiger partial charge in [0.25, 0.3) is 0 Å². The summed E-state index contributed by atoms with van der Waals surface area (Å²) in [5, 5.41) is 3.97. The van der Waals surface area contributed by atoms with Gasteiger partial charge >= 0.3 is 0 Å². The molecule has 0 atom stereocenters. The van der Waals surface area contributed by atoms with Crippen LogP contribution in [0.4, 0.5) is 34.6 Å². The molecule has 2 aromatic heterocycles. The van der Waals surface area contributed by atoms with Crippen LogP contribution in [-0.4, -0.2) is 9.13 Å². The zero-order chi connectivity index (χ0) is 34.6. The van der Waals surface area contributed by atoms with Gasteiger partial charge < -0.3 is 14.0 Å². The second kappa shape index (κ2) is 12.2. The highest BCUT2D eigenvalue weighted by atomic mass is 19.1. The van der Waals surface area contributed by atoms with E-state index in [0.717, 1.165) is 72.8 Å². The van der Waals surface area contributed by atoms with E-state index in [-0.39, 0.29) is 24.2 Å². The zero-order valence-corrected chi connectivity index (χ0v) is 27.2. The van der Waals surface area contributed by atoms with E-state index >= 15 is 0 Å². The predicted molar refractivity (Wildman–Crippen MR) is 198 cm³/mol. The summed E-state index contributed by atoms with van der Waals surface area (Å²) in [5.74, 6) is -1.86. The molecular formula is C44H29F4N3. The molecular weight excluding hydrogens is 646 g/mol. The molecule has 0 spiro atoms. The average Bonchev–Trinajstić information content (AvgIpc) is 3.63. The van der Waals surface area contributed by atoms with Crippen LogP contribution in [0.3, 0.4) is 0 Å². The summed E-state index contributed by atoms with van der Waals surface area (Å²) in [6.07, 6.45) is 0. The van der Waals surface area contributed by atoms with Crippen molar-refractivity contribution >= 4 is 60.7 Å². The van der Waals surface area contributed by atoms with Gasteiger partial charge in [-0.3, -0.25) is 0 Å². The average molecular weight is 676 g/mol. The van der Waals surface area contributed by atoms with Gasteiger partial charge in [0.2, 0.25) is 0 Å². The van der Waals surface area contributed by atoms with E-state index < -0.39 is 23.3 Å². The van der Waals surface area contributed by atoms with E-state index in [0.29, 0.717) is 0 Å².